The number of aliphatic hydroxyl groups is 1. The molecule has 1 unspecified atom stereocenters. The van der Waals surface area contributed by atoms with Gasteiger partial charge in [-0.1, -0.05) is 6.07 Å². The van der Waals surface area contributed by atoms with Gasteiger partial charge >= 0.3 is 0 Å². The van der Waals surface area contributed by atoms with Gasteiger partial charge in [-0.05, 0) is 24.3 Å². The number of nitrogens with one attached hydrogen (secondary N) is 2. The molecule has 0 bridgehead atoms. The number of aromatic amines is 1. The van der Waals surface area contributed by atoms with E-state index in [1.54, 1.807) is 6.07 Å². The van der Waals surface area contributed by atoms with Crippen molar-refractivity contribution in [1.29, 1.82) is 0 Å². The van der Waals surface area contributed by atoms with E-state index < -0.39 is 23.4 Å². The Hall–Kier alpha value is -2.67. The molecule has 2 rings (SSSR count). The van der Waals surface area contributed by atoms with Crippen LogP contribution in [0.5, 0.6) is 5.75 Å². The molecule has 0 radical (unpaired) electrons. The quantitative estimate of drug-likeness (QED) is 0.732. The summed E-state index contributed by atoms with van der Waals surface area (Å²) in [5.74, 6) is -0.750. The highest BCUT2D eigenvalue weighted by atomic mass is 19.1. The topological polar surface area (TPSA) is 91.4 Å². The molecule has 0 aliphatic heterocycles. The summed E-state index contributed by atoms with van der Waals surface area (Å²) in [5, 5.41) is 12.1. The molecule has 1 aromatic carbocycles. The maximum atomic E-state index is 12.9. The smallest absolute Gasteiger partial charge is 0.260 e. The van der Waals surface area contributed by atoms with Crippen LogP contribution in [0.4, 0.5) is 4.39 Å². The Bertz CT molecular complexity index is 702. The minimum absolute atomic E-state index is 0.0410. The van der Waals surface area contributed by atoms with Gasteiger partial charge in [0.25, 0.3) is 11.5 Å². The number of hydrogen-bond donors (Lipinski definition) is 3. The third-order valence-corrected chi connectivity index (χ3v) is 2.80. The second-order valence-corrected chi connectivity index (χ2v) is 4.55. The molecule has 6 nitrogen and oxygen atoms in total. The number of pyridine rings is 1. The van der Waals surface area contributed by atoms with Crippen LogP contribution in [0, 0.1) is 5.82 Å². The Morgan fingerprint density at radius 2 is 2.18 bits per heavy atom. The first kappa shape index (κ1) is 15.7. The molecule has 0 fully saturated rings. The first-order valence-corrected chi connectivity index (χ1v) is 6.58. The summed E-state index contributed by atoms with van der Waals surface area (Å²) in [6.45, 7) is -0.211. The number of H-pyrrole nitrogens is 1. The van der Waals surface area contributed by atoms with Crippen molar-refractivity contribution < 1.29 is 19.0 Å². The zero-order chi connectivity index (χ0) is 15.9. The highest BCUT2D eigenvalue weighted by Gasteiger charge is 2.12. The number of benzene rings is 1. The first-order chi connectivity index (χ1) is 10.6. The number of rotatable bonds is 6. The van der Waals surface area contributed by atoms with Crippen LogP contribution < -0.4 is 15.6 Å². The van der Waals surface area contributed by atoms with E-state index in [4.69, 9.17) is 4.74 Å². The minimum atomic E-state index is -0.991. The molecule has 0 saturated carbocycles. The van der Waals surface area contributed by atoms with Gasteiger partial charge in [-0.25, -0.2) is 4.39 Å². The Labute approximate surface area is 125 Å². The number of aliphatic hydroxyl groups excluding tert-OH is 1. The first-order valence-electron chi connectivity index (χ1n) is 6.58. The predicted octanol–water partition coefficient (Wildman–Crippen LogP) is 0.684. The molecule has 1 aromatic heterocycles. The van der Waals surface area contributed by atoms with Crippen molar-refractivity contribution in [2.75, 3.05) is 13.2 Å². The van der Waals surface area contributed by atoms with E-state index in [2.05, 4.69) is 10.3 Å². The standard InChI is InChI=1S/C15H15FN2O4/c16-10-3-1-4-12(7-10)22-9-11(19)8-18-15(21)13-5-2-6-17-14(13)20/h1-7,11,19H,8-9H2,(H,17,20)(H,18,21). The maximum Gasteiger partial charge on any atom is 0.260 e. The summed E-state index contributed by atoms with van der Waals surface area (Å²) < 4.78 is 18.1. The highest BCUT2D eigenvalue weighted by molar-refractivity contribution is 5.93. The van der Waals surface area contributed by atoms with E-state index in [1.165, 1.54) is 36.5 Å². The second-order valence-electron chi connectivity index (χ2n) is 4.55. The average molecular weight is 306 g/mol. The van der Waals surface area contributed by atoms with Gasteiger partial charge in [-0.3, -0.25) is 9.59 Å². The van der Waals surface area contributed by atoms with E-state index >= 15 is 0 Å². The summed E-state index contributed by atoms with van der Waals surface area (Å²) in [6.07, 6.45) is 0.427. The number of amides is 1. The van der Waals surface area contributed by atoms with Gasteiger partial charge in [0.05, 0.1) is 0 Å². The van der Waals surface area contributed by atoms with Crippen LogP contribution in [0.1, 0.15) is 10.4 Å². The van der Waals surface area contributed by atoms with Gasteiger partial charge in [0.15, 0.2) is 0 Å². The van der Waals surface area contributed by atoms with E-state index in [9.17, 15) is 19.1 Å². The molecular formula is C15H15FN2O4. The number of carbonyl (C=O) groups excluding carboxylic acids is 1. The van der Waals surface area contributed by atoms with Gasteiger partial charge in [-0.15, -0.1) is 0 Å². The summed E-state index contributed by atoms with van der Waals surface area (Å²) >= 11 is 0. The normalized spacial score (nSPS) is 11.7. The van der Waals surface area contributed by atoms with Crippen molar-refractivity contribution in [3.63, 3.8) is 0 Å². The molecule has 0 aliphatic rings. The Balaban J connectivity index is 1.80. The third-order valence-electron chi connectivity index (χ3n) is 2.80. The maximum absolute atomic E-state index is 12.9. The van der Waals surface area contributed by atoms with Crippen LogP contribution in [0.3, 0.4) is 0 Å². The molecule has 2 aromatic rings. The molecule has 1 amide bonds. The monoisotopic (exact) mass is 306 g/mol. The predicted molar refractivity (Wildman–Crippen MR) is 77.3 cm³/mol. The van der Waals surface area contributed by atoms with Crippen LogP contribution in [0.2, 0.25) is 0 Å². The van der Waals surface area contributed by atoms with E-state index in [1.807, 2.05) is 0 Å². The van der Waals surface area contributed by atoms with Crippen molar-refractivity contribution >= 4 is 5.91 Å². The van der Waals surface area contributed by atoms with Crippen molar-refractivity contribution in [1.82, 2.24) is 10.3 Å². The van der Waals surface area contributed by atoms with Crippen LogP contribution in [-0.4, -0.2) is 35.3 Å². The van der Waals surface area contributed by atoms with Crippen molar-refractivity contribution in [2.24, 2.45) is 0 Å². The van der Waals surface area contributed by atoms with Crippen LogP contribution in [0.25, 0.3) is 0 Å². The number of hydrogen-bond acceptors (Lipinski definition) is 4. The van der Waals surface area contributed by atoms with E-state index in [0.29, 0.717) is 0 Å². The number of carbonyl (C=O) groups is 1. The Morgan fingerprint density at radius 3 is 2.91 bits per heavy atom. The van der Waals surface area contributed by atoms with Crippen LogP contribution in [0.15, 0.2) is 47.4 Å². The fourth-order valence-corrected chi connectivity index (χ4v) is 1.71. The average Bonchev–Trinajstić information content (AvgIpc) is 2.51. The van der Waals surface area contributed by atoms with Crippen LogP contribution >= 0.6 is 0 Å². The second kappa shape index (κ2) is 7.37. The molecule has 0 spiro atoms. The van der Waals surface area contributed by atoms with Crippen LogP contribution in [-0.2, 0) is 0 Å². The SMILES string of the molecule is O=C(NCC(O)COc1cccc(F)c1)c1ccc[nH]c1=O. The zero-order valence-corrected chi connectivity index (χ0v) is 11.6. The number of aromatic nitrogens is 1. The van der Waals surface area contributed by atoms with Crippen molar-refractivity contribution in [2.45, 2.75) is 6.10 Å². The van der Waals surface area contributed by atoms with Gasteiger partial charge in [0.2, 0.25) is 0 Å². The third kappa shape index (κ3) is 4.42. The Morgan fingerprint density at radius 1 is 1.36 bits per heavy atom. The molecule has 116 valence electrons. The van der Waals surface area contributed by atoms with Gasteiger partial charge in [-0.2, -0.15) is 0 Å². The number of halogens is 1. The summed E-state index contributed by atoms with van der Waals surface area (Å²) in [4.78, 5) is 25.5. The molecule has 0 saturated heterocycles. The molecular weight excluding hydrogens is 291 g/mol. The largest absolute Gasteiger partial charge is 0.491 e. The summed E-state index contributed by atoms with van der Waals surface area (Å²) in [6, 6.07) is 8.41. The van der Waals surface area contributed by atoms with Gasteiger partial charge in [0.1, 0.15) is 29.8 Å². The van der Waals surface area contributed by atoms with Gasteiger partial charge in [0, 0.05) is 18.8 Å². The Kier molecular flexibility index (Phi) is 5.26. The molecule has 1 heterocycles. The lowest BCUT2D eigenvalue weighted by atomic mass is 10.2. The van der Waals surface area contributed by atoms with E-state index in [-0.39, 0.29) is 24.5 Å². The lowest BCUT2D eigenvalue weighted by Crippen LogP contribution is -2.37. The van der Waals surface area contributed by atoms with Crippen molar-refractivity contribution in [3.8, 4) is 5.75 Å². The zero-order valence-electron chi connectivity index (χ0n) is 11.6. The molecule has 22 heavy (non-hydrogen) atoms. The lowest BCUT2D eigenvalue weighted by molar-refractivity contribution is 0.0842. The molecule has 3 N–H and O–H groups in total. The van der Waals surface area contributed by atoms with E-state index in [0.717, 1.165) is 0 Å². The van der Waals surface area contributed by atoms with Gasteiger partial charge < -0.3 is 20.1 Å². The number of ether oxygens (including phenoxy) is 1. The summed E-state index contributed by atoms with van der Waals surface area (Å²) in [7, 11) is 0. The fraction of sp³-hybridized carbons (Fsp3) is 0.200. The van der Waals surface area contributed by atoms with Crippen molar-refractivity contribution in [3.05, 3.63) is 64.3 Å². The highest BCUT2D eigenvalue weighted by Crippen LogP contribution is 2.11. The lowest BCUT2D eigenvalue weighted by Gasteiger charge is -2.13. The summed E-state index contributed by atoms with van der Waals surface area (Å²) in [5.41, 5.74) is -0.550. The molecule has 7 heteroatoms. The molecule has 0 aliphatic carbocycles. The fourth-order valence-electron chi connectivity index (χ4n) is 1.71. The minimum Gasteiger partial charge on any atom is -0.491 e. The molecule has 1 atom stereocenters.